The standard InChI is InChI=1S/C21H22N2O7/c1-28-12-4-3-9(7-13(12)29-2)5-6-23-19(24)14-10-8-11(15(14)20(23)25)18-16(10)17(21(26)27)22-30-18/h3-4,7,10-11,14-16,18H,5-6,8H2,1-2H3,(H,26,27)/t10-,11+,14+,15-,16-,18+/m0/s1. The number of carbonyl (C=O) groups is 3. The van der Waals surface area contributed by atoms with E-state index in [0.29, 0.717) is 24.3 Å². The summed E-state index contributed by atoms with van der Waals surface area (Å²) in [6, 6.07) is 5.51. The minimum Gasteiger partial charge on any atom is -0.493 e. The maximum Gasteiger partial charge on any atom is 0.354 e. The number of aliphatic carboxylic acids is 1. The second-order valence-corrected chi connectivity index (χ2v) is 8.26. The van der Waals surface area contributed by atoms with E-state index in [4.69, 9.17) is 14.3 Å². The number of imide groups is 1. The Morgan fingerprint density at radius 1 is 1.13 bits per heavy atom. The number of ether oxygens (including phenoxy) is 2. The molecule has 6 atom stereocenters. The van der Waals surface area contributed by atoms with E-state index in [2.05, 4.69) is 5.16 Å². The van der Waals surface area contributed by atoms with Crippen molar-refractivity contribution in [1.82, 2.24) is 4.90 Å². The van der Waals surface area contributed by atoms with Crippen LogP contribution in [0.4, 0.5) is 0 Å². The van der Waals surface area contributed by atoms with Crippen LogP contribution in [0.1, 0.15) is 12.0 Å². The van der Waals surface area contributed by atoms with E-state index >= 15 is 0 Å². The first-order valence-corrected chi connectivity index (χ1v) is 9.99. The minimum atomic E-state index is -1.12. The molecule has 2 aliphatic carbocycles. The minimum absolute atomic E-state index is 0.0185. The highest BCUT2D eigenvalue weighted by Gasteiger charge is 2.70. The summed E-state index contributed by atoms with van der Waals surface area (Å²) in [5, 5.41) is 13.1. The molecule has 30 heavy (non-hydrogen) atoms. The van der Waals surface area contributed by atoms with Gasteiger partial charge in [0.2, 0.25) is 11.8 Å². The van der Waals surface area contributed by atoms with Gasteiger partial charge in [-0.25, -0.2) is 4.79 Å². The molecule has 0 radical (unpaired) electrons. The number of benzene rings is 1. The van der Waals surface area contributed by atoms with Crippen LogP contribution in [0.2, 0.25) is 0 Å². The lowest BCUT2D eigenvalue weighted by Gasteiger charge is -2.29. The monoisotopic (exact) mass is 414 g/mol. The van der Waals surface area contributed by atoms with Crippen molar-refractivity contribution in [3.63, 3.8) is 0 Å². The smallest absolute Gasteiger partial charge is 0.354 e. The number of carboxylic acids is 1. The van der Waals surface area contributed by atoms with Gasteiger partial charge in [0.1, 0.15) is 6.10 Å². The molecule has 1 aromatic carbocycles. The van der Waals surface area contributed by atoms with Crippen molar-refractivity contribution in [2.24, 2.45) is 34.7 Å². The number of methoxy groups -OCH3 is 2. The molecule has 2 heterocycles. The fourth-order valence-corrected chi connectivity index (χ4v) is 5.86. The fraction of sp³-hybridized carbons (Fsp3) is 0.524. The van der Waals surface area contributed by atoms with Gasteiger partial charge < -0.3 is 19.4 Å². The number of oxime groups is 1. The highest BCUT2D eigenvalue weighted by molar-refractivity contribution is 6.37. The third kappa shape index (κ3) is 2.47. The number of rotatable bonds is 6. The fourth-order valence-electron chi connectivity index (χ4n) is 5.86. The van der Waals surface area contributed by atoms with Crippen LogP contribution in [-0.4, -0.2) is 60.4 Å². The van der Waals surface area contributed by atoms with Crippen molar-refractivity contribution in [3.8, 4) is 11.5 Å². The maximum absolute atomic E-state index is 13.1. The lowest BCUT2D eigenvalue weighted by atomic mass is 9.72. The molecule has 0 spiro atoms. The van der Waals surface area contributed by atoms with Crippen molar-refractivity contribution in [3.05, 3.63) is 23.8 Å². The van der Waals surface area contributed by atoms with E-state index < -0.39 is 29.8 Å². The van der Waals surface area contributed by atoms with Gasteiger partial charge in [-0.15, -0.1) is 0 Å². The van der Waals surface area contributed by atoms with Crippen LogP contribution in [-0.2, 0) is 25.6 Å². The third-order valence-corrected chi connectivity index (χ3v) is 7.07. The molecule has 2 aliphatic heterocycles. The molecule has 2 amide bonds. The van der Waals surface area contributed by atoms with Gasteiger partial charge in [-0.2, -0.15) is 0 Å². The Morgan fingerprint density at radius 2 is 1.83 bits per heavy atom. The zero-order valence-electron chi connectivity index (χ0n) is 16.6. The number of carbonyl (C=O) groups excluding carboxylic acids is 2. The van der Waals surface area contributed by atoms with Crippen molar-refractivity contribution in [1.29, 1.82) is 0 Å². The summed E-state index contributed by atoms with van der Waals surface area (Å²) in [5.74, 6) is -1.96. The molecule has 0 aromatic heterocycles. The summed E-state index contributed by atoms with van der Waals surface area (Å²) in [5.41, 5.74) is 0.906. The molecular weight excluding hydrogens is 392 g/mol. The van der Waals surface area contributed by atoms with E-state index in [-0.39, 0.29) is 35.9 Å². The zero-order chi connectivity index (χ0) is 21.2. The molecule has 9 heteroatoms. The molecule has 5 rings (SSSR count). The van der Waals surface area contributed by atoms with Crippen LogP contribution in [0.25, 0.3) is 0 Å². The van der Waals surface area contributed by atoms with Crippen LogP contribution < -0.4 is 9.47 Å². The normalized spacial score (nSPS) is 33.3. The molecular formula is C21H22N2O7. The Kier molecular flexibility index (Phi) is 4.23. The van der Waals surface area contributed by atoms with Crippen LogP contribution in [0, 0.1) is 29.6 Å². The SMILES string of the molecule is COc1ccc(CCN2C(=O)[C@@H]3[C@@H]4C[C@@H]([C@H]5ON=C(C(=O)O)[C@H]45)[C@@H]3C2=O)cc1OC. The molecule has 2 bridgehead atoms. The number of amides is 2. The maximum atomic E-state index is 13.1. The van der Waals surface area contributed by atoms with Crippen LogP contribution in [0.15, 0.2) is 23.4 Å². The van der Waals surface area contributed by atoms with E-state index in [0.717, 1.165) is 5.56 Å². The van der Waals surface area contributed by atoms with Gasteiger partial charge in [0.25, 0.3) is 0 Å². The van der Waals surface area contributed by atoms with E-state index in [1.165, 1.54) is 4.90 Å². The summed E-state index contributed by atoms with van der Waals surface area (Å²) >= 11 is 0. The summed E-state index contributed by atoms with van der Waals surface area (Å²) in [7, 11) is 3.12. The molecule has 0 unspecified atom stereocenters. The predicted molar refractivity (Wildman–Crippen MR) is 102 cm³/mol. The Labute approximate surface area is 172 Å². The molecule has 4 aliphatic rings. The highest BCUT2D eigenvalue weighted by Crippen LogP contribution is 2.61. The average molecular weight is 414 g/mol. The second-order valence-electron chi connectivity index (χ2n) is 8.26. The Hall–Kier alpha value is -3.10. The van der Waals surface area contributed by atoms with Crippen molar-refractivity contribution < 1.29 is 33.8 Å². The molecule has 1 aromatic rings. The number of hydrogen-bond acceptors (Lipinski definition) is 7. The molecule has 1 N–H and O–H groups in total. The van der Waals surface area contributed by atoms with Crippen molar-refractivity contribution >= 4 is 23.5 Å². The van der Waals surface area contributed by atoms with E-state index in [9.17, 15) is 19.5 Å². The number of likely N-dealkylation sites (tertiary alicyclic amines) is 1. The van der Waals surface area contributed by atoms with Crippen LogP contribution in [0.5, 0.6) is 11.5 Å². The molecule has 3 fully saturated rings. The van der Waals surface area contributed by atoms with Gasteiger partial charge in [0.05, 0.1) is 32.0 Å². The second kappa shape index (κ2) is 6.72. The van der Waals surface area contributed by atoms with Crippen LogP contribution >= 0.6 is 0 Å². The van der Waals surface area contributed by atoms with Crippen molar-refractivity contribution in [2.75, 3.05) is 20.8 Å². The molecule has 2 saturated carbocycles. The predicted octanol–water partition coefficient (Wildman–Crippen LogP) is 0.953. The van der Waals surface area contributed by atoms with Gasteiger partial charge in [-0.1, -0.05) is 11.2 Å². The van der Waals surface area contributed by atoms with Gasteiger partial charge >= 0.3 is 5.97 Å². The summed E-state index contributed by atoms with van der Waals surface area (Å²) in [6.07, 6.45) is 0.723. The first-order valence-electron chi connectivity index (χ1n) is 9.99. The number of hydrogen-bond donors (Lipinski definition) is 1. The van der Waals surface area contributed by atoms with Crippen molar-refractivity contribution in [2.45, 2.75) is 18.9 Å². The lowest BCUT2D eigenvalue weighted by molar-refractivity contribution is -0.141. The quantitative estimate of drug-likeness (QED) is 0.689. The van der Waals surface area contributed by atoms with Gasteiger partial charge in [-0.3, -0.25) is 14.5 Å². The Morgan fingerprint density at radius 3 is 2.50 bits per heavy atom. The molecule has 1 saturated heterocycles. The van der Waals surface area contributed by atoms with E-state index in [1.807, 2.05) is 12.1 Å². The number of carboxylic acid groups (broad SMARTS) is 1. The summed E-state index contributed by atoms with van der Waals surface area (Å²) in [6.45, 7) is 0.273. The van der Waals surface area contributed by atoms with Gasteiger partial charge in [0.15, 0.2) is 17.2 Å². The Bertz CT molecular complexity index is 974. The largest absolute Gasteiger partial charge is 0.493 e. The third-order valence-electron chi connectivity index (χ3n) is 7.07. The lowest BCUT2D eigenvalue weighted by Crippen LogP contribution is -2.42. The zero-order valence-corrected chi connectivity index (χ0v) is 16.6. The number of nitrogens with zero attached hydrogens (tertiary/aromatic N) is 2. The topological polar surface area (TPSA) is 115 Å². The van der Waals surface area contributed by atoms with E-state index in [1.54, 1.807) is 20.3 Å². The first-order chi connectivity index (χ1) is 14.5. The Balaban J connectivity index is 1.33. The van der Waals surface area contributed by atoms with Gasteiger partial charge in [0, 0.05) is 12.5 Å². The van der Waals surface area contributed by atoms with Crippen LogP contribution in [0.3, 0.4) is 0 Å². The first kappa shape index (κ1) is 18.9. The molecule has 9 nitrogen and oxygen atoms in total. The average Bonchev–Trinajstić information content (AvgIpc) is 3.47. The summed E-state index contributed by atoms with van der Waals surface area (Å²) < 4.78 is 10.6. The number of fused-ring (bicyclic) bond motifs is 8. The molecule has 158 valence electrons. The summed E-state index contributed by atoms with van der Waals surface area (Å²) in [4.78, 5) is 44.4. The van der Waals surface area contributed by atoms with Gasteiger partial charge in [-0.05, 0) is 36.5 Å². The highest BCUT2D eigenvalue weighted by atomic mass is 16.6.